The number of benzene rings is 7. The summed E-state index contributed by atoms with van der Waals surface area (Å²) in [6.07, 6.45) is 0. The van der Waals surface area contributed by atoms with Gasteiger partial charge in [0.15, 0.2) is 7.14 Å². The van der Waals surface area contributed by atoms with Gasteiger partial charge in [-0.1, -0.05) is 158 Å². The highest BCUT2D eigenvalue weighted by Gasteiger charge is 2.29. The van der Waals surface area contributed by atoms with Crippen molar-refractivity contribution in [3.63, 3.8) is 0 Å². The first-order valence-corrected chi connectivity index (χ1v) is 18.3. The Morgan fingerprint density at radius 3 is 1.74 bits per heavy atom. The van der Waals surface area contributed by atoms with Crippen molar-refractivity contribution in [1.29, 1.82) is 0 Å². The Labute approximate surface area is 277 Å². The zero-order chi connectivity index (χ0) is 31.4. The second-order valence-electron chi connectivity index (χ2n) is 11.8. The molecule has 222 valence electrons. The number of pyridine rings is 1. The number of hydrogen-bond acceptors (Lipinski definition) is 3. The summed E-state index contributed by atoms with van der Waals surface area (Å²) in [5.41, 5.74) is 5.41. The summed E-state index contributed by atoms with van der Waals surface area (Å²) >= 11 is 1.85. The van der Waals surface area contributed by atoms with Crippen LogP contribution in [-0.4, -0.2) is 4.98 Å². The van der Waals surface area contributed by atoms with Gasteiger partial charge in [-0.25, -0.2) is 4.98 Å². The van der Waals surface area contributed by atoms with E-state index in [-0.39, 0.29) is 0 Å². The molecular weight excluding hydrogens is 610 g/mol. The van der Waals surface area contributed by atoms with E-state index in [2.05, 4.69) is 103 Å². The van der Waals surface area contributed by atoms with Crippen LogP contribution in [0.5, 0.6) is 0 Å². The van der Waals surface area contributed by atoms with Gasteiger partial charge in [0, 0.05) is 57.8 Å². The van der Waals surface area contributed by atoms with Crippen molar-refractivity contribution in [3.05, 3.63) is 170 Å². The predicted molar refractivity (Wildman–Crippen MR) is 202 cm³/mol. The molecule has 0 aliphatic rings. The van der Waals surface area contributed by atoms with E-state index >= 15 is 0 Å². The average Bonchev–Trinajstić information content (AvgIpc) is 3.54. The normalized spacial score (nSPS) is 11.9. The van der Waals surface area contributed by atoms with Crippen molar-refractivity contribution >= 4 is 76.2 Å². The highest BCUT2D eigenvalue weighted by molar-refractivity contribution is 7.85. The molecule has 0 aliphatic heterocycles. The lowest BCUT2D eigenvalue weighted by atomic mass is 9.95. The molecule has 0 saturated heterocycles. The highest BCUT2D eigenvalue weighted by atomic mass is 32.1. The molecule has 7 aromatic carbocycles. The van der Waals surface area contributed by atoms with Crippen molar-refractivity contribution in [2.45, 2.75) is 0 Å². The largest absolute Gasteiger partial charge is 0.309 e. The second-order valence-corrected chi connectivity index (χ2v) is 15.6. The van der Waals surface area contributed by atoms with Crippen molar-refractivity contribution in [2.24, 2.45) is 0 Å². The maximum absolute atomic E-state index is 15.0. The number of rotatable bonds is 5. The summed E-state index contributed by atoms with van der Waals surface area (Å²) < 4.78 is 17.5. The molecule has 0 unspecified atom stereocenters. The lowest BCUT2D eigenvalue weighted by Gasteiger charge is -2.20. The minimum Gasteiger partial charge on any atom is -0.309 e. The van der Waals surface area contributed by atoms with Crippen LogP contribution in [-0.2, 0) is 4.57 Å². The fraction of sp³-hybridized carbons (Fsp3) is 0. The van der Waals surface area contributed by atoms with Gasteiger partial charge in [-0.3, -0.25) is 0 Å². The van der Waals surface area contributed by atoms with E-state index in [1.54, 1.807) is 0 Å². The first-order valence-electron chi connectivity index (χ1n) is 15.7. The van der Waals surface area contributed by atoms with E-state index in [0.717, 1.165) is 43.6 Å². The van der Waals surface area contributed by atoms with Crippen LogP contribution in [0.4, 0.5) is 0 Å². The number of thiophene rings is 1. The fourth-order valence-corrected chi connectivity index (χ4v) is 10.9. The Morgan fingerprint density at radius 2 is 1.04 bits per heavy atom. The molecule has 0 radical (unpaired) electrons. The molecule has 0 saturated carbocycles. The lowest BCUT2D eigenvalue weighted by molar-refractivity contribution is 0.592. The number of nitrogens with zero attached hydrogens (tertiary/aromatic N) is 1. The molecule has 0 spiro atoms. The standard InChI is InChI=1S/C43H28NOPS/c45-46(31-15-6-2-7-16-31,32-17-8-3-9-18-32)33-25-23-29(24-26-33)34-20-12-22-39-40(34)37-28-27-36-41(43(37)47-39)35-19-10-11-21-38(35)44-42(36)30-13-4-1-5-14-30/h1-28H. The van der Waals surface area contributed by atoms with Crippen LogP contribution in [0.25, 0.3) is 64.2 Å². The third-order valence-corrected chi connectivity index (χ3v) is 13.4. The quantitative estimate of drug-likeness (QED) is 0.139. The molecule has 0 aliphatic carbocycles. The van der Waals surface area contributed by atoms with Crippen LogP contribution in [0.15, 0.2) is 170 Å². The third kappa shape index (κ3) is 4.47. The van der Waals surface area contributed by atoms with Crippen LogP contribution in [0.1, 0.15) is 0 Å². The summed E-state index contributed by atoms with van der Waals surface area (Å²) in [5, 5.41) is 8.59. The molecule has 2 nitrogen and oxygen atoms in total. The second kappa shape index (κ2) is 11.2. The first kappa shape index (κ1) is 27.9. The van der Waals surface area contributed by atoms with Gasteiger partial charge >= 0.3 is 0 Å². The van der Waals surface area contributed by atoms with Crippen LogP contribution in [0.2, 0.25) is 0 Å². The molecule has 0 N–H and O–H groups in total. The van der Waals surface area contributed by atoms with Gasteiger partial charge in [0.05, 0.1) is 11.2 Å². The van der Waals surface area contributed by atoms with Crippen molar-refractivity contribution in [3.8, 4) is 22.4 Å². The molecule has 0 atom stereocenters. The van der Waals surface area contributed by atoms with Crippen LogP contribution >= 0.6 is 18.5 Å². The van der Waals surface area contributed by atoms with Crippen molar-refractivity contribution in [1.82, 2.24) is 4.98 Å². The molecular formula is C43H28NOPS. The van der Waals surface area contributed by atoms with E-state index in [1.807, 2.05) is 78.1 Å². The third-order valence-electron chi connectivity index (χ3n) is 9.15. The number of hydrogen-bond donors (Lipinski definition) is 0. The molecule has 0 fully saturated rings. The molecule has 9 aromatic rings. The van der Waals surface area contributed by atoms with Gasteiger partial charge in [0.1, 0.15) is 0 Å². The first-order chi connectivity index (χ1) is 23.2. The average molecular weight is 638 g/mol. The monoisotopic (exact) mass is 637 g/mol. The molecule has 2 aromatic heterocycles. The van der Waals surface area contributed by atoms with Gasteiger partial charge in [-0.15, -0.1) is 11.3 Å². The minimum atomic E-state index is -3.05. The minimum absolute atomic E-state index is 0.833. The summed E-state index contributed by atoms with van der Waals surface area (Å²) in [7, 11) is -3.05. The van der Waals surface area contributed by atoms with Gasteiger partial charge in [0.25, 0.3) is 0 Å². The number of para-hydroxylation sites is 1. The van der Waals surface area contributed by atoms with Gasteiger partial charge in [-0.2, -0.15) is 0 Å². The molecule has 9 rings (SSSR count). The predicted octanol–water partition coefficient (Wildman–Crippen LogP) is 10.7. The molecule has 0 bridgehead atoms. The Balaban J connectivity index is 1.25. The Morgan fingerprint density at radius 1 is 0.447 bits per heavy atom. The van der Waals surface area contributed by atoms with Gasteiger partial charge in [-0.05, 0) is 23.3 Å². The van der Waals surface area contributed by atoms with Crippen LogP contribution in [0, 0.1) is 0 Å². The highest BCUT2D eigenvalue weighted by Crippen LogP contribution is 2.47. The summed E-state index contributed by atoms with van der Waals surface area (Å²) in [6.45, 7) is 0. The smallest absolute Gasteiger partial charge is 0.171 e. The zero-order valence-corrected chi connectivity index (χ0v) is 27.1. The van der Waals surface area contributed by atoms with Crippen LogP contribution in [0.3, 0.4) is 0 Å². The maximum atomic E-state index is 15.0. The summed E-state index contributed by atoms with van der Waals surface area (Å²) in [4.78, 5) is 5.15. The van der Waals surface area contributed by atoms with E-state index in [0.29, 0.717) is 0 Å². The van der Waals surface area contributed by atoms with E-state index in [9.17, 15) is 4.57 Å². The number of fused-ring (bicyclic) bond motifs is 7. The van der Waals surface area contributed by atoms with E-state index in [4.69, 9.17) is 4.98 Å². The topological polar surface area (TPSA) is 30.0 Å². The van der Waals surface area contributed by atoms with Crippen molar-refractivity contribution < 1.29 is 4.57 Å². The summed E-state index contributed by atoms with van der Waals surface area (Å²) in [5.74, 6) is 0. The Kier molecular flexibility index (Phi) is 6.64. The van der Waals surface area contributed by atoms with Crippen LogP contribution < -0.4 is 15.9 Å². The maximum Gasteiger partial charge on any atom is 0.171 e. The zero-order valence-electron chi connectivity index (χ0n) is 25.4. The lowest BCUT2D eigenvalue weighted by Crippen LogP contribution is -2.24. The fourth-order valence-electron chi connectivity index (χ4n) is 6.95. The van der Waals surface area contributed by atoms with E-state index < -0.39 is 7.14 Å². The van der Waals surface area contributed by atoms with E-state index in [1.165, 1.54) is 36.5 Å². The molecule has 2 heterocycles. The molecule has 0 amide bonds. The number of aromatic nitrogens is 1. The Hall–Kier alpha value is -5.34. The van der Waals surface area contributed by atoms with Gasteiger partial charge in [0.2, 0.25) is 0 Å². The SMILES string of the molecule is O=P(c1ccccc1)(c1ccccc1)c1ccc(-c2cccc3sc4c(ccc5c(-c6ccccc6)nc6ccccc6c54)c23)cc1. The van der Waals surface area contributed by atoms with Gasteiger partial charge < -0.3 is 4.57 Å². The van der Waals surface area contributed by atoms with Crippen molar-refractivity contribution in [2.75, 3.05) is 0 Å². The Bertz CT molecular complexity index is 2590. The molecule has 4 heteroatoms. The molecule has 47 heavy (non-hydrogen) atoms. The summed E-state index contributed by atoms with van der Waals surface area (Å²) in [6, 6.07) is 58.2.